The minimum Gasteiger partial charge on any atom is -0.504 e. The highest BCUT2D eigenvalue weighted by molar-refractivity contribution is 5.58. The van der Waals surface area contributed by atoms with Gasteiger partial charge >= 0.3 is 0 Å². The van der Waals surface area contributed by atoms with Crippen LogP contribution in [0.1, 0.15) is 5.56 Å². The average Bonchev–Trinajstić information content (AvgIpc) is 2.58. The Hall–Kier alpha value is -1.75. The fourth-order valence-electron chi connectivity index (χ4n) is 2.39. The highest BCUT2D eigenvalue weighted by atomic mass is 16.7. The third-order valence-corrected chi connectivity index (χ3v) is 3.76. The van der Waals surface area contributed by atoms with Gasteiger partial charge in [0, 0.05) is 0 Å². The number of ether oxygens (including phenoxy) is 2. The maximum Gasteiger partial charge on any atom is 0.229 e. The molecule has 1 aliphatic heterocycles. The molecule has 1 aromatic carbocycles. The van der Waals surface area contributed by atoms with Crippen molar-refractivity contribution in [1.29, 1.82) is 0 Å². The molecule has 9 heteroatoms. The van der Waals surface area contributed by atoms with E-state index in [1.165, 1.54) is 12.1 Å². The van der Waals surface area contributed by atoms with Crippen molar-refractivity contribution < 1.29 is 39.8 Å². The summed E-state index contributed by atoms with van der Waals surface area (Å²) in [6.07, 6.45) is -6.42. The zero-order valence-corrected chi connectivity index (χ0v) is 12.7. The van der Waals surface area contributed by atoms with Gasteiger partial charge in [-0.15, -0.1) is 0 Å². The van der Waals surface area contributed by atoms with Crippen LogP contribution in [0.15, 0.2) is 18.2 Å². The van der Waals surface area contributed by atoms with Gasteiger partial charge < -0.3 is 45.5 Å². The largest absolute Gasteiger partial charge is 0.504 e. The summed E-state index contributed by atoms with van der Waals surface area (Å²) in [5, 5.41) is 48.4. The summed E-state index contributed by atoms with van der Waals surface area (Å²) >= 11 is 0. The van der Waals surface area contributed by atoms with Gasteiger partial charge in [-0.1, -0.05) is 6.07 Å². The molecule has 0 aliphatic carbocycles. The van der Waals surface area contributed by atoms with Gasteiger partial charge in [-0.2, -0.15) is 0 Å². The average molecular weight is 343 g/mol. The molecule has 1 fully saturated rings. The third kappa shape index (κ3) is 4.01. The lowest BCUT2D eigenvalue weighted by Gasteiger charge is -2.39. The standard InChI is InChI=1S/C15H21NO8/c16-8(5-17)3-7-1-2-9(19)10(4-7)23-15-14(22)13(21)12(20)11(6-18)24-15/h1-2,4-5,8,11-15,18-22H,3,6,16H2/t8?,11-,12-,13+,14-,15-/m1/s1. The lowest BCUT2D eigenvalue weighted by Crippen LogP contribution is -2.60. The summed E-state index contributed by atoms with van der Waals surface area (Å²) < 4.78 is 10.6. The van der Waals surface area contributed by atoms with E-state index in [0.29, 0.717) is 11.8 Å². The van der Waals surface area contributed by atoms with E-state index >= 15 is 0 Å². The van der Waals surface area contributed by atoms with Crippen LogP contribution in [0.5, 0.6) is 11.5 Å². The predicted molar refractivity (Wildman–Crippen MR) is 80.2 cm³/mol. The van der Waals surface area contributed by atoms with Crippen LogP contribution < -0.4 is 10.5 Å². The van der Waals surface area contributed by atoms with Gasteiger partial charge in [-0.25, -0.2) is 0 Å². The molecule has 2 rings (SSSR count). The Morgan fingerprint density at radius 2 is 1.96 bits per heavy atom. The van der Waals surface area contributed by atoms with Crippen molar-refractivity contribution in [2.75, 3.05) is 6.61 Å². The van der Waals surface area contributed by atoms with Crippen molar-refractivity contribution in [3.63, 3.8) is 0 Å². The second-order valence-electron chi connectivity index (χ2n) is 5.62. The summed E-state index contributed by atoms with van der Waals surface area (Å²) in [5.74, 6) is -0.315. The molecule has 24 heavy (non-hydrogen) atoms. The first-order valence-electron chi connectivity index (χ1n) is 7.37. The van der Waals surface area contributed by atoms with Crippen LogP contribution in [0.4, 0.5) is 0 Å². The molecule has 1 aromatic rings. The fraction of sp³-hybridized carbons (Fsp3) is 0.533. The Bertz CT molecular complexity index is 566. The molecule has 0 saturated carbocycles. The van der Waals surface area contributed by atoms with Crippen LogP contribution in [0.3, 0.4) is 0 Å². The molecule has 9 nitrogen and oxygen atoms in total. The highest BCUT2D eigenvalue weighted by Crippen LogP contribution is 2.31. The first-order valence-corrected chi connectivity index (χ1v) is 7.37. The predicted octanol–water partition coefficient (Wildman–Crippen LogP) is -2.36. The van der Waals surface area contributed by atoms with Crippen LogP contribution in [0.2, 0.25) is 0 Å². The maximum absolute atomic E-state index is 10.6. The van der Waals surface area contributed by atoms with Gasteiger partial charge in [0.05, 0.1) is 12.6 Å². The van der Waals surface area contributed by atoms with E-state index in [0.717, 1.165) is 0 Å². The smallest absolute Gasteiger partial charge is 0.229 e. The number of phenolic OH excluding ortho intramolecular Hbond substituents is 1. The Labute approximate surface area is 137 Å². The summed E-state index contributed by atoms with van der Waals surface area (Å²) in [5.41, 5.74) is 6.15. The van der Waals surface area contributed by atoms with E-state index in [-0.39, 0.29) is 17.9 Å². The van der Waals surface area contributed by atoms with Gasteiger partial charge in [-0.3, -0.25) is 0 Å². The van der Waals surface area contributed by atoms with Crippen molar-refractivity contribution >= 4 is 6.29 Å². The topological polar surface area (TPSA) is 163 Å². The van der Waals surface area contributed by atoms with Gasteiger partial charge in [0.2, 0.25) is 6.29 Å². The molecule has 1 unspecified atom stereocenters. The monoisotopic (exact) mass is 343 g/mol. The number of benzene rings is 1. The van der Waals surface area contributed by atoms with Crippen LogP contribution >= 0.6 is 0 Å². The van der Waals surface area contributed by atoms with Crippen molar-refractivity contribution in [2.45, 2.75) is 43.2 Å². The molecule has 1 saturated heterocycles. The highest BCUT2D eigenvalue weighted by Gasteiger charge is 2.44. The SMILES string of the molecule is NC(C=O)Cc1ccc(O)c(O[C@@H]2O[C@H](CO)[C@@H](O)[C@H](O)[C@H]2O)c1. The fourth-order valence-corrected chi connectivity index (χ4v) is 2.39. The molecule has 7 N–H and O–H groups in total. The second-order valence-corrected chi connectivity index (χ2v) is 5.62. The van der Waals surface area contributed by atoms with E-state index in [2.05, 4.69) is 0 Å². The van der Waals surface area contributed by atoms with Crippen molar-refractivity contribution in [3.8, 4) is 11.5 Å². The number of phenols is 1. The number of nitrogens with two attached hydrogens (primary N) is 1. The molecule has 0 spiro atoms. The van der Waals surface area contributed by atoms with E-state index < -0.39 is 43.4 Å². The Balaban J connectivity index is 2.17. The first kappa shape index (κ1) is 18.6. The van der Waals surface area contributed by atoms with Crippen LogP contribution in [0, 0.1) is 0 Å². The number of aliphatic hydroxyl groups is 4. The molecule has 0 bridgehead atoms. The number of hydrogen-bond acceptors (Lipinski definition) is 9. The molecule has 134 valence electrons. The van der Waals surface area contributed by atoms with E-state index in [1.54, 1.807) is 6.07 Å². The van der Waals surface area contributed by atoms with Gasteiger partial charge in [0.25, 0.3) is 0 Å². The number of aromatic hydroxyl groups is 1. The van der Waals surface area contributed by atoms with E-state index in [1.807, 2.05) is 0 Å². The van der Waals surface area contributed by atoms with Crippen LogP contribution in [-0.2, 0) is 16.0 Å². The number of aldehydes is 1. The number of aliphatic hydroxyl groups excluding tert-OH is 4. The third-order valence-electron chi connectivity index (χ3n) is 3.76. The molecule has 0 radical (unpaired) electrons. The zero-order valence-electron chi connectivity index (χ0n) is 12.7. The maximum atomic E-state index is 10.6. The Kier molecular flexibility index (Phi) is 6.10. The number of carbonyl (C=O) groups excluding carboxylic acids is 1. The minimum absolute atomic E-state index is 0.0603. The normalized spacial score (nSPS) is 31.5. The first-order chi connectivity index (χ1) is 11.4. The number of rotatable bonds is 6. The summed E-state index contributed by atoms with van der Waals surface area (Å²) in [4.78, 5) is 10.6. The van der Waals surface area contributed by atoms with Crippen molar-refractivity contribution in [2.24, 2.45) is 5.73 Å². The lowest BCUT2D eigenvalue weighted by molar-refractivity contribution is -0.277. The second kappa shape index (κ2) is 7.88. The van der Waals surface area contributed by atoms with Crippen LogP contribution in [0.25, 0.3) is 0 Å². The molecule has 1 aliphatic rings. The molecule has 6 atom stereocenters. The minimum atomic E-state index is -1.59. The molecule has 1 heterocycles. The van der Waals surface area contributed by atoms with Gasteiger partial charge in [0.1, 0.15) is 30.7 Å². The summed E-state index contributed by atoms with van der Waals surface area (Å²) in [7, 11) is 0. The quantitative estimate of drug-likeness (QED) is 0.310. The van der Waals surface area contributed by atoms with E-state index in [9.17, 15) is 25.2 Å². The van der Waals surface area contributed by atoms with Crippen LogP contribution in [-0.4, -0.2) is 75.2 Å². The number of carbonyl (C=O) groups is 1. The van der Waals surface area contributed by atoms with Gasteiger partial charge in [-0.05, 0) is 24.1 Å². The molecular formula is C15H21NO8. The Morgan fingerprint density at radius 1 is 1.25 bits per heavy atom. The Morgan fingerprint density at radius 3 is 2.58 bits per heavy atom. The lowest BCUT2D eigenvalue weighted by atomic mass is 9.99. The molecule has 0 aromatic heterocycles. The van der Waals surface area contributed by atoms with Crippen molar-refractivity contribution in [3.05, 3.63) is 23.8 Å². The summed E-state index contributed by atoms with van der Waals surface area (Å²) in [6, 6.07) is 3.58. The van der Waals surface area contributed by atoms with Crippen molar-refractivity contribution in [1.82, 2.24) is 0 Å². The molecule has 0 amide bonds. The van der Waals surface area contributed by atoms with Gasteiger partial charge in [0.15, 0.2) is 11.5 Å². The number of hydrogen-bond donors (Lipinski definition) is 6. The van der Waals surface area contributed by atoms with E-state index in [4.69, 9.17) is 20.3 Å². The molecular weight excluding hydrogens is 322 g/mol. The zero-order chi connectivity index (χ0) is 17.9. The summed E-state index contributed by atoms with van der Waals surface area (Å²) in [6.45, 7) is -0.592.